The van der Waals surface area contributed by atoms with Gasteiger partial charge < -0.3 is 5.32 Å². The molecule has 0 unspecified atom stereocenters. The lowest BCUT2D eigenvalue weighted by Gasteiger charge is -2.09. The average Bonchev–Trinajstić information content (AvgIpc) is 2.31. The zero-order valence-electron chi connectivity index (χ0n) is 10.6. The summed E-state index contributed by atoms with van der Waals surface area (Å²) in [7, 11) is 0. The molecule has 0 aliphatic heterocycles. The zero-order chi connectivity index (χ0) is 14.0. The van der Waals surface area contributed by atoms with Crippen molar-refractivity contribution in [3.8, 4) is 0 Å². The van der Waals surface area contributed by atoms with Crippen molar-refractivity contribution in [3.05, 3.63) is 61.1 Å². The van der Waals surface area contributed by atoms with Crippen LogP contribution < -0.4 is 5.32 Å². The van der Waals surface area contributed by atoms with Gasteiger partial charge in [-0.15, -0.1) is 0 Å². The summed E-state index contributed by atoms with van der Waals surface area (Å²) in [6, 6.07) is 11.6. The summed E-state index contributed by atoms with van der Waals surface area (Å²) in [5, 5.41) is 2.94. The predicted octanol–water partition coefficient (Wildman–Crippen LogP) is 4.92. The third-order valence-electron chi connectivity index (χ3n) is 2.66. The van der Waals surface area contributed by atoms with E-state index in [9.17, 15) is 4.79 Å². The van der Waals surface area contributed by atoms with Crippen molar-refractivity contribution < 1.29 is 4.79 Å². The molecule has 1 amide bonds. The summed E-state index contributed by atoms with van der Waals surface area (Å²) in [5.74, 6) is -0.0768. The largest absolute Gasteiger partial charge is 0.321 e. The van der Waals surface area contributed by atoms with Gasteiger partial charge in [-0.05, 0) is 66.8 Å². The number of halogens is 2. The van der Waals surface area contributed by atoms with Gasteiger partial charge in [-0.1, -0.05) is 33.1 Å². The molecule has 0 aliphatic carbocycles. The molecular weight excluding hydrogens is 417 g/mol. The number of carbonyl (C=O) groups is 1. The summed E-state index contributed by atoms with van der Waals surface area (Å²) in [6.07, 6.45) is 0. The molecular formula is C15H13BrINO. The number of amides is 1. The minimum absolute atomic E-state index is 0.0768. The maximum Gasteiger partial charge on any atom is 0.255 e. The van der Waals surface area contributed by atoms with Crippen LogP contribution in [0, 0.1) is 17.4 Å². The van der Waals surface area contributed by atoms with Crippen LogP contribution in [0.15, 0.2) is 40.9 Å². The van der Waals surface area contributed by atoms with Crippen molar-refractivity contribution >= 4 is 50.1 Å². The molecule has 0 atom stereocenters. The Kier molecular flexibility index (Phi) is 4.62. The van der Waals surface area contributed by atoms with Crippen molar-refractivity contribution in [1.82, 2.24) is 0 Å². The number of benzene rings is 2. The fourth-order valence-corrected chi connectivity index (χ4v) is 3.33. The van der Waals surface area contributed by atoms with Gasteiger partial charge in [-0.2, -0.15) is 0 Å². The van der Waals surface area contributed by atoms with Crippen molar-refractivity contribution in [2.45, 2.75) is 13.8 Å². The maximum atomic E-state index is 12.2. The number of rotatable bonds is 2. The molecule has 2 aromatic rings. The molecule has 0 saturated carbocycles. The van der Waals surface area contributed by atoms with Crippen LogP contribution in [0.2, 0.25) is 0 Å². The fourth-order valence-electron chi connectivity index (χ4n) is 1.89. The van der Waals surface area contributed by atoms with Crippen LogP contribution in [0.25, 0.3) is 0 Å². The molecule has 4 heteroatoms. The van der Waals surface area contributed by atoms with Crippen LogP contribution in [0.1, 0.15) is 21.5 Å². The van der Waals surface area contributed by atoms with Crippen LogP contribution in [0.4, 0.5) is 5.69 Å². The van der Waals surface area contributed by atoms with E-state index in [0.29, 0.717) is 5.56 Å². The summed E-state index contributed by atoms with van der Waals surface area (Å²) < 4.78 is 2.01. The number of nitrogens with one attached hydrogen (secondary N) is 1. The molecule has 19 heavy (non-hydrogen) atoms. The lowest BCUT2D eigenvalue weighted by Crippen LogP contribution is -2.13. The van der Waals surface area contributed by atoms with Gasteiger partial charge in [0.2, 0.25) is 0 Å². The average molecular weight is 430 g/mol. The maximum absolute atomic E-state index is 12.2. The third kappa shape index (κ3) is 3.79. The Hall–Kier alpha value is -0.880. The van der Waals surface area contributed by atoms with Crippen molar-refractivity contribution in [2.24, 2.45) is 0 Å². The molecule has 0 radical (unpaired) electrons. The third-order valence-corrected chi connectivity index (χ3v) is 4.05. The smallest absolute Gasteiger partial charge is 0.255 e. The molecule has 0 fully saturated rings. The van der Waals surface area contributed by atoms with Crippen molar-refractivity contribution in [2.75, 3.05) is 5.32 Å². The first-order valence-corrected chi connectivity index (χ1v) is 7.67. The first-order valence-electron chi connectivity index (χ1n) is 5.80. The number of carbonyl (C=O) groups excluding carboxylic acids is 1. The van der Waals surface area contributed by atoms with Crippen LogP contribution in [0.3, 0.4) is 0 Å². The van der Waals surface area contributed by atoms with E-state index in [1.54, 1.807) is 0 Å². The molecule has 2 nitrogen and oxygen atoms in total. The van der Waals surface area contributed by atoms with E-state index >= 15 is 0 Å². The van der Waals surface area contributed by atoms with E-state index in [1.165, 1.54) is 0 Å². The molecule has 0 aliphatic rings. The Labute approximate surface area is 134 Å². The monoisotopic (exact) mass is 429 g/mol. The number of hydrogen-bond acceptors (Lipinski definition) is 1. The lowest BCUT2D eigenvalue weighted by molar-refractivity contribution is 0.102. The first kappa shape index (κ1) is 14.5. The molecule has 0 bridgehead atoms. The van der Waals surface area contributed by atoms with E-state index in [2.05, 4.69) is 49.9 Å². The first-order chi connectivity index (χ1) is 8.95. The summed E-state index contributed by atoms with van der Waals surface area (Å²) in [5.41, 5.74) is 3.70. The molecule has 0 saturated heterocycles. The van der Waals surface area contributed by atoms with Gasteiger partial charge in [0, 0.05) is 13.6 Å². The molecule has 0 heterocycles. The van der Waals surface area contributed by atoms with E-state index < -0.39 is 0 Å². The minimum Gasteiger partial charge on any atom is -0.321 e. The van der Waals surface area contributed by atoms with Gasteiger partial charge >= 0.3 is 0 Å². The lowest BCUT2D eigenvalue weighted by atomic mass is 10.1. The van der Waals surface area contributed by atoms with E-state index in [4.69, 9.17) is 0 Å². The Balaban J connectivity index is 2.25. The second-order valence-electron chi connectivity index (χ2n) is 4.45. The number of anilines is 1. The van der Waals surface area contributed by atoms with E-state index in [1.807, 2.05) is 44.2 Å². The molecule has 98 valence electrons. The number of aryl methyl sites for hydroxylation is 2. The SMILES string of the molecule is Cc1cc(C)cc(C(=O)Nc2ccc(Br)cc2I)c1. The Morgan fingerprint density at radius 2 is 1.74 bits per heavy atom. The standard InChI is InChI=1S/C15H13BrINO/c1-9-5-10(2)7-11(6-9)15(19)18-14-4-3-12(16)8-13(14)17/h3-8H,1-2H3,(H,18,19). The van der Waals surface area contributed by atoms with Crippen LogP contribution in [-0.4, -0.2) is 5.91 Å². The molecule has 2 aromatic carbocycles. The van der Waals surface area contributed by atoms with Gasteiger partial charge in [0.15, 0.2) is 0 Å². The molecule has 0 spiro atoms. The Bertz CT molecular complexity index is 620. The summed E-state index contributed by atoms with van der Waals surface area (Å²) in [6.45, 7) is 3.99. The highest BCUT2D eigenvalue weighted by molar-refractivity contribution is 14.1. The number of hydrogen-bond donors (Lipinski definition) is 1. The van der Waals surface area contributed by atoms with E-state index in [-0.39, 0.29) is 5.91 Å². The second-order valence-corrected chi connectivity index (χ2v) is 6.53. The molecule has 2 rings (SSSR count). The fraction of sp³-hybridized carbons (Fsp3) is 0.133. The van der Waals surface area contributed by atoms with Crippen LogP contribution in [-0.2, 0) is 0 Å². The Morgan fingerprint density at radius 1 is 1.11 bits per heavy atom. The van der Waals surface area contributed by atoms with Crippen molar-refractivity contribution in [1.29, 1.82) is 0 Å². The van der Waals surface area contributed by atoms with E-state index in [0.717, 1.165) is 24.9 Å². The highest BCUT2D eigenvalue weighted by Crippen LogP contribution is 2.23. The van der Waals surface area contributed by atoms with Crippen LogP contribution >= 0.6 is 38.5 Å². The topological polar surface area (TPSA) is 29.1 Å². The minimum atomic E-state index is -0.0768. The normalized spacial score (nSPS) is 10.3. The second kappa shape index (κ2) is 6.05. The Morgan fingerprint density at radius 3 is 2.32 bits per heavy atom. The molecule has 1 N–H and O–H groups in total. The van der Waals surface area contributed by atoms with Gasteiger partial charge in [0.25, 0.3) is 5.91 Å². The summed E-state index contributed by atoms with van der Waals surface area (Å²) >= 11 is 5.62. The highest BCUT2D eigenvalue weighted by atomic mass is 127. The van der Waals surface area contributed by atoms with Crippen molar-refractivity contribution in [3.63, 3.8) is 0 Å². The van der Waals surface area contributed by atoms with Gasteiger partial charge in [0.05, 0.1) is 5.69 Å². The highest BCUT2D eigenvalue weighted by Gasteiger charge is 2.09. The quantitative estimate of drug-likeness (QED) is 0.674. The van der Waals surface area contributed by atoms with Gasteiger partial charge in [-0.3, -0.25) is 4.79 Å². The predicted molar refractivity (Wildman–Crippen MR) is 90.7 cm³/mol. The molecule has 0 aromatic heterocycles. The van der Waals surface area contributed by atoms with Gasteiger partial charge in [-0.25, -0.2) is 0 Å². The summed E-state index contributed by atoms with van der Waals surface area (Å²) in [4.78, 5) is 12.2. The zero-order valence-corrected chi connectivity index (χ0v) is 14.4. The van der Waals surface area contributed by atoms with Gasteiger partial charge in [0.1, 0.15) is 0 Å². The van der Waals surface area contributed by atoms with Crippen LogP contribution in [0.5, 0.6) is 0 Å².